The third-order valence-electron chi connectivity index (χ3n) is 8.27. The molecule has 1 aliphatic heterocycles. The topological polar surface area (TPSA) is 128 Å². The highest BCUT2D eigenvalue weighted by Gasteiger charge is 2.45. The molecule has 0 unspecified atom stereocenters. The van der Waals surface area contributed by atoms with Gasteiger partial charge in [-0.2, -0.15) is 0 Å². The quantitative estimate of drug-likeness (QED) is 0.255. The lowest BCUT2D eigenvalue weighted by atomic mass is 10.0. The molecule has 2 bridgehead atoms. The molecule has 6 rings (SSSR count). The molecule has 10 nitrogen and oxygen atoms in total. The van der Waals surface area contributed by atoms with Crippen molar-refractivity contribution in [1.29, 1.82) is 0 Å². The maximum Gasteiger partial charge on any atom is 0.340 e. The zero-order valence-corrected chi connectivity index (χ0v) is 25.8. The first-order valence-corrected chi connectivity index (χ1v) is 16.6. The Morgan fingerprint density at radius 3 is 2.44 bits per heavy atom. The lowest BCUT2D eigenvalue weighted by Crippen LogP contribution is -2.38. The molecular weight excluding hydrogens is 617 g/mol. The van der Waals surface area contributed by atoms with E-state index in [9.17, 15) is 18.0 Å². The Labute approximate surface area is 259 Å². The molecule has 3 aromatic rings. The van der Waals surface area contributed by atoms with Gasteiger partial charge >= 0.3 is 11.2 Å². The minimum Gasteiger partial charge on any atom is -0.465 e. The van der Waals surface area contributed by atoms with E-state index in [4.69, 9.17) is 32.5 Å². The second kappa shape index (κ2) is 12.1. The van der Waals surface area contributed by atoms with E-state index < -0.39 is 26.8 Å². The number of carbonyl (C=O) groups excluding carboxylic acids is 2. The van der Waals surface area contributed by atoms with Crippen molar-refractivity contribution < 1.29 is 32.0 Å². The van der Waals surface area contributed by atoms with Crippen molar-refractivity contribution in [1.82, 2.24) is 5.16 Å². The predicted octanol–water partition coefficient (Wildman–Crippen LogP) is 6.22. The molecule has 2 heterocycles. The van der Waals surface area contributed by atoms with Crippen LogP contribution < -0.4 is 10.2 Å². The highest BCUT2D eigenvalue weighted by Crippen LogP contribution is 2.47. The number of ether oxygens (including phenoxy) is 2. The molecule has 2 saturated carbocycles. The largest absolute Gasteiger partial charge is 0.465 e. The van der Waals surface area contributed by atoms with Gasteiger partial charge < -0.3 is 24.2 Å². The van der Waals surface area contributed by atoms with Gasteiger partial charge in [0.2, 0.25) is 9.84 Å². The van der Waals surface area contributed by atoms with Gasteiger partial charge in [0, 0.05) is 53.8 Å². The summed E-state index contributed by atoms with van der Waals surface area (Å²) in [7, 11) is -4.12. The molecule has 1 N–H and O–H groups in total. The van der Waals surface area contributed by atoms with E-state index in [1.807, 2.05) is 12.1 Å². The number of hydrogen-bond donors (Lipinski definition) is 1. The van der Waals surface area contributed by atoms with Gasteiger partial charge in [0.1, 0.15) is 18.1 Å². The maximum absolute atomic E-state index is 12.2. The standard InChI is InChI=1S/C30H31Cl2N3O7S/c1-17(36)40-11-12-43(38,39)30(37)33-20-7-9-21(10-8-20)35-15-19-13-22(35)14-26(19)41-16-23-28(34-42-29(23)18-5-6-18)27-24(31)3-2-4-25(27)32/h2-4,7-10,18-19,22,26H,5-6,11-16H2,1H3,(H,33,37)/t19-,22-,26+/m0/s1. The molecule has 3 atom stereocenters. The van der Waals surface area contributed by atoms with E-state index in [2.05, 4.69) is 20.1 Å². The van der Waals surface area contributed by atoms with Crippen LogP contribution in [0.5, 0.6) is 0 Å². The Kier molecular flexibility index (Phi) is 8.43. The van der Waals surface area contributed by atoms with E-state index in [0.29, 0.717) is 51.5 Å². The summed E-state index contributed by atoms with van der Waals surface area (Å²) in [6.45, 7) is 2.00. The van der Waals surface area contributed by atoms with Crippen molar-refractivity contribution in [3.8, 4) is 11.3 Å². The number of benzene rings is 2. The predicted molar refractivity (Wildman–Crippen MR) is 162 cm³/mol. The molecule has 0 radical (unpaired) electrons. The fourth-order valence-corrected chi connectivity index (χ4v) is 7.32. The average Bonchev–Trinajstić information content (AvgIpc) is 3.41. The summed E-state index contributed by atoms with van der Waals surface area (Å²) >= 11 is 13.0. The summed E-state index contributed by atoms with van der Waals surface area (Å²) in [5.41, 5.74) is 3.59. The number of fused-ring (bicyclic) bond motifs is 2. The fraction of sp³-hybridized carbons (Fsp3) is 0.433. The summed E-state index contributed by atoms with van der Waals surface area (Å²) in [6.07, 6.45) is 4.10. The van der Waals surface area contributed by atoms with E-state index in [1.54, 1.807) is 30.3 Å². The highest BCUT2D eigenvalue weighted by atomic mass is 35.5. The Hall–Kier alpha value is -3.12. The SMILES string of the molecule is CC(=O)OCCS(=O)(=O)C(=O)Nc1ccc(N2C[C@@H]3C[C@H]2C[C@H]3OCc2c(-c3c(Cl)cccc3Cl)noc2C2CC2)cc1. The average molecular weight is 649 g/mol. The number of nitrogens with zero attached hydrogens (tertiary/aromatic N) is 2. The van der Waals surface area contributed by atoms with Crippen LogP contribution in [0.2, 0.25) is 10.0 Å². The zero-order chi connectivity index (χ0) is 30.3. The van der Waals surface area contributed by atoms with Gasteiger partial charge in [-0.3, -0.25) is 9.59 Å². The van der Waals surface area contributed by atoms with Crippen LogP contribution in [0.4, 0.5) is 16.2 Å². The van der Waals surface area contributed by atoms with Crippen LogP contribution in [-0.2, 0) is 30.7 Å². The molecule has 2 aromatic carbocycles. The van der Waals surface area contributed by atoms with Gasteiger partial charge in [0.25, 0.3) is 0 Å². The van der Waals surface area contributed by atoms with Crippen molar-refractivity contribution in [2.24, 2.45) is 5.92 Å². The first-order valence-electron chi connectivity index (χ1n) is 14.2. The number of amides is 1. The molecule has 0 spiro atoms. The Bertz CT molecular complexity index is 1620. The third-order valence-corrected chi connectivity index (χ3v) is 10.3. The van der Waals surface area contributed by atoms with Crippen LogP contribution in [-0.4, -0.2) is 55.8 Å². The van der Waals surface area contributed by atoms with Crippen LogP contribution >= 0.6 is 23.2 Å². The molecule has 1 aromatic heterocycles. The monoisotopic (exact) mass is 647 g/mol. The third kappa shape index (κ3) is 6.40. The minimum atomic E-state index is -4.12. The Morgan fingerprint density at radius 2 is 1.81 bits per heavy atom. The first kappa shape index (κ1) is 29.9. The number of sulfone groups is 1. The van der Waals surface area contributed by atoms with E-state index in [-0.39, 0.29) is 12.7 Å². The summed E-state index contributed by atoms with van der Waals surface area (Å²) in [5.74, 6) is 0.379. The molecule has 43 heavy (non-hydrogen) atoms. The van der Waals surface area contributed by atoms with Crippen LogP contribution in [0, 0.1) is 5.92 Å². The molecule has 3 aliphatic rings. The van der Waals surface area contributed by atoms with Crippen LogP contribution in [0.25, 0.3) is 11.3 Å². The Morgan fingerprint density at radius 1 is 1.09 bits per heavy atom. The number of anilines is 2. The van der Waals surface area contributed by atoms with Crippen molar-refractivity contribution in [2.45, 2.75) is 57.3 Å². The second-order valence-corrected chi connectivity index (χ2v) is 14.1. The van der Waals surface area contributed by atoms with Crippen molar-refractivity contribution in [3.63, 3.8) is 0 Å². The summed E-state index contributed by atoms with van der Waals surface area (Å²) in [5, 5.41) is 6.68. The summed E-state index contributed by atoms with van der Waals surface area (Å²) in [6, 6.07) is 12.8. The molecule has 1 saturated heterocycles. The molecule has 13 heteroatoms. The zero-order valence-electron chi connectivity index (χ0n) is 23.4. The van der Waals surface area contributed by atoms with Crippen LogP contribution in [0.3, 0.4) is 0 Å². The molecular formula is C30H31Cl2N3O7S. The molecule has 2 aliphatic carbocycles. The number of rotatable bonds is 10. The van der Waals surface area contributed by atoms with Crippen LogP contribution in [0.1, 0.15) is 49.8 Å². The highest BCUT2D eigenvalue weighted by molar-refractivity contribution is 8.06. The van der Waals surface area contributed by atoms with Crippen molar-refractivity contribution >= 4 is 55.6 Å². The van der Waals surface area contributed by atoms with Crippen LogP contribution in [0.15, 0.2) is 47.0 Å². The minimum absolute atomic E-state index is 0.0912. The number of halogens is 2. The normalized spacial score (nSPS) is 21.3. The second-order valence-electron chi connectivity index (χ2n) is 11.3. The first-order chi connectivity index (χ1) is 20.6. The van der Waals surface area contributed by atoms with E-state index >= 15 is 0 Å². The number of nitrogens with one attached hydrogen (secondary N) is 1. The molecule has 1 amide bonds. The lowest BCUT2D eigenvalue weighted by Gasteiger charge is -2.33. The van der Waals surface area contributed by atoms with Gasteiger partial charge in [0.05, 0.1) is 28.5 Å². The van der Waals surface area contributed by atoms with E-state index in [1.165, 1.54) is 6.92 Å². The van der Waals surface area contributed by atoms with Crippen molar-refractivity contribution in [3.05, 3.63) is 63.8 Å². The van der Waals surface area contributed by atoms with Gasteiger partial charge in [-0.15, -0.1) is 0 Å². The Balaban J connectivity index is 1.06. The summed E-state index contributed by atoms with van der Waals surface area (Å²) < 4.78 is 41.3. The van der Waals surface area contributed by atoms with Gasteiger partial charge in [-0.1, -0.05) is 34.4 Å². The smallest absolute Gasteiger partial charge is 0.340 e. The number of carbonyl (C=O) groups is 2. The lowest BCUT2D eigenvalue weighted by molar-refractivity contribution is -0.140. The van der Waals surface area contributed by atoms with Gasteiger partial charge in [-0.05, 0) is 62.1 Å². The summed E-state index contributed by atoms with van der Waals surface area (Å²) in [4.78, 5) is 25.4. The van der Waals surface area contributed by atoms with E-state index in [0.717, 1.165) is 49.2 Å². The van der Waals surface area contributed by atoms with Gasteiger partial charge in [0.15, 0.2) is 0 Å². The molecule has 3 fully saturated rings. The number of esters is 1. The van der Waals surface area contributed by atoms with Crippen molar-refractivity contribution in [2.75, 3.05) is 29.1 Å². The number of aromatic nitrogens is 1. The fourth-order valence-electron chi connectivity index (χ4n) is 5.98. The maximum atomic E-state index is 12.2. The number of piperidine rings is 1. The van der Waals surface area contributed by atoms with Gasteiger partial charge in [-0.25, -0.2) is 8.42 Å². The molecule has 228 valence electrons. The number of hydrogen-bond acceptors (Lipinski definition) is 9.